The number of pyridine rings is 1. The van der Waals surface area contributed by atoms with E-state index >= 15 is 0 Å². The summed E-state index contributed by atoms with van der Waals surface area (Å²) in [5.41, 5.74) is 1.94. The maximum absolute atomic E-state index is 11.8. The molecule has 1 aromatic heterocycles. The number of rotatable bonds is 3. The highest BCUT2D eigenvalue weighted by atomic mass is 79.9. The second-order valence-corrected chi connectivity index (χ2v) is 4.73. The van der Waals surface area contributed by atoms with Gasteiger partial charge in [-0.1, -0.05) is 34.1 Å². The summed E-state index contributed by atoms with van der Waals surface area (Å²) in [4.78, 5) is 16.0. The van der Waals surface area contributed by atoms with Gasteiger partial charge in [0.1, 0.15) is 0 Å². The Morgan fingerprint density at radius 2 is 1.95 bits per heavy atom. The van der Waals surface area contributed by atoms with Crippen molar-refractivity contribution in [2.75, 3.05) is 7.11 Å². The van der Waals surface area contributed by atoms with E-state index in [0.29, 0.717) is 11.3 Å². The number of hydrogen-bond acceptors (Lipinski definition) is 3. The van der Waals surface area contributed by atoms with Gasteiger partial charge in [0.25, 0.3) is 0 Å². The number of nitrogens with zero attached hydrogens (tertiary/aromatic N) is 1. The van der Waals surface area contributed by atoms with Gasteiger partial charge in [-0.2, -0.15) is 0 Å². The largest absolute Gasteiger partial charge is 0.465 e. The van der Waals surface area contributed by atoms with Crippen molar-refractivity contribution in [2.45, 2.75) is 0 Å². The van der Waals surface area contributed by atoms with Crippen molar-refractivity contribution in [3.63, 3.8) is 0 Å². The number of aromatic nitrogens is 1. The van der Waals surface area contributed by atoms with Crippen molar-refractivity contribution in [1.82, 2.24) is 4.98 Å². The first kappa shape index (κ1) is 13.5. The van der Waals surface area contributed by atoms with Crippen LogP contribution in [-0.2, 0) is 9.53 Å². The summed E-state index contributed by atoms with van der Waals surface area (Å²) in [5.74, 6) is -0.401. The van der Waals surface area contributed by atoms with Crippen molar-refractivity contribution in [2.24, 2.45) is 0 Å². The quantitative estimate of drug-likeness (QED) is 0.642. The third-order valence-electron chi connectivity index (χ3n) is 2.53. The number of carbonyl (C=O) groups is 1. The van der Waals surface area contributed by atoms with E-state index in [1.54, 1.807) is 24.4 Å². The van der Waals surface area contributed by atoms with Crippen LogP contribution in [0.2, 0.25) is 0 Å². The van der Waals surface area contributed by atoms with Crippen LogP contribution in [0.5, 0.6) is 0 Å². The first-order chi connectivity index (χ1) is 9.20. The second-order valence-electron chi connectivity index (χ2n) is 3.82. The zero-order valence-electron chi connectivity index (χ0n) is 10.3. The molecule has 0 bridgehead atoms. The Bertz CT molecular complexity index is 591. The molecular weight excluding hydrogens is 306 g/mol. The van der Waals surface area contributed by atoms with Crippen LogP contribution in [-0.4, -0.2) is 18.1 Å². The van der Waals surface area contributed by atoms with Gasteiger partial charge >= 0.3 is 5.97 Å². The van der Waals surface area contributed by atoms with Crippen LogP contribution in [0.15, 0.2) is 53.1 Å². The lowest BCUT2D eigenvalue weighted by Gasteiger charge is -2.05. The molecule has 0 saturated heterocycles. The number of methoxy groups -OCH3 is 1. The molecule has 1 aromatic carbocycles. The predicted molar refractivity (Wildman–Crippen MR) is 78.3 cm³/mol. The van der Waals surface area contributed by atoms with Crippen molar-refractivity contribution in [3.8, 4) is 0 Å². The summed E-state index contributed by atoms with van der Waals surface area (Å²) < 4.78 is 5.79. The number of hydrogen-bond donors (Lipinski definition) is 0. The summed E-state index contributed by atoms with van der Waals surface area (Å²) in [7, 11) is 1.36. The van der Waals surface area contributed by atoms with E-state index in [2.05, 4.69) is 20.9 Å². The Morgan fingerprint density at radius 1 is 1.21 bits per heavy atom. The molecule has 1 heterocycles. The van der Waals surface area contributed by atoms with E-state index in [1.807, 2.05) is 30.3 Å². The molecule has 96 valence electrons. The molecule has 0 spiro atoms. The lowest BCUT2D eigenvalue weighted by atomic mass is 10.1. The Kier molecular flexibility index (Phi) is 4.47. The third-order valence-corrected chi connectivity index (χ3v) is 3.06. The lowest BCUT2D eigenvalue weighted by Crippen LogP contribution is -2.05. The average Bonchev–Trinajstić information content (AvgIpc) is 2.47. The second kappa shape index (κ2) is 6.29. The van der Waals surface area contributed by atoms with E-state index in [1.165, 1.54) is 7.11 Å². The molecular formula is C15H12BrNO2. The molecule has 0 atom stereocenters. The van der Waals surface area contributed by atoms with Crippen LogP contribution < -0.4 is 0 Å². The Labute approximate surface area is 120 Å². The monoisotopic (exact) mass is 317 g/mol. The van der Waals surface area contributed by atoms with Crippen LogP contribution in [0, 0.1) is 0 Å². The van der Waals surface area contributed by atoms with Gasteiger partial charge in [-0.25, -0.2) is 4.79 Å². The highest BCUT2D eigenvalue weighted by molar-refractivity contribution is 9.10. The molecule has 0 amide bonds. The zero-order chi connectivity index (χ0) is 13.7. The molecule has 2 aromatic rings. The molecule has 2 rings (SSSR count). The minimum Gasteiger partial charge on any atom is -0.465 e. The summed E-state index contributed by atoms with van der Waals surface area (Å²) in [6.07, 6.45) is 3.41. The molecule has 0 N–H and O–H groups in total. The number of ether oxygens (including phenoxy) is 1. The predicted octanol–water partition coefficient (Wildman–Crippen LogP) is 3.56. The maximum Gasteiger partial charge on any atom is 0.340 e. The lowest BCUT2D eigenvalue weighted by molar-refractivity contribution is -0.133. The standard InChI is InChI=1S/C15H12BrNO2/c1-19-15(18)13(14-4-2-3-9-17-14)10-11-5-7-12(16)8-6-11/h2-10H,1H3/b13-10-. The van der Waals surface area contributed by atoms with Gasteiger partial charge in [-0.15, -0.1) is 0 Å². The Balaban J connectivity index is 2.44. The molecule has 0 saturated carbocycles. The highest BCUT2D eigenvalue weighted by Crippen LogP contribution is 2.19. The fourth-order valence-corrected chi connectivity index (χ4v) is 1.86. The van der Waals surface area contributed by atoms with Gasteiger partial charge in [0.15, 0.2) is 0 Å². The highest BCUT2D eigenvalue weighted by Gasteiger charge is 2.13. The van der Waals surface area contributed by atoms with Gasteiger partial charge in [-0.05, 0) is 35.9 Å². The fraction of sp³-hybridized carbons (Fsp3) is 0.0667. The molecule has 0 radical (unpaired) electrons. The molecule has 0 unspecified atom stereocenters. The minimum atomic E-state index is -0.401. The van der Waals surface area contributed by atoms with E-state index < -0.39 is 5.97 Å². The molecule has 19 heavy (non-hydrogen) atoms. The number of benzene rings is 1. The molecule has 0 aliphatic rings. The summed E-state index contributed by atoms with van der Waals surface area (Å²) in [6.45, 7) is 0. The SMILES string of the molecule is COC(=O)/C(=C\c1ccc(Br)cc1)c1ccccn1. The smallest absolute Gasteiger partial charge is 0.340 e. The Hall–Kier alpha value is -1.94. The molecule has 3 nitrogen and oxygen atoms in total. The first-order valence-corrected chi connectivity index (χ1v) is 6.47. The number of esters is 1. The van der Waals surface area contributed by atoms with Crippen molar-refractivity contribution in [1.29, 1.82) is 0 Å². The maximum atomic E-state index is 11.8. The summed E-state index contributed by atoms with van der Waals surface area (Å²) >= 11 is 3.37. The van der Waals surface area contributed by atoms with Crippen LogP contribution >= 0.6 is 15.9 Å². The van der Waals surface area contributed by atoms with Gasteiger partial charge in [0, 0.05) is 10.7 Å². The Morgan fingerprint density at radius 3 is 2.53 bits per heavy atom. The summed E-state index contributed by atoms with van der Waals surface area (Å²) in [5, 5.41) is 0. The molecule has 0 aliphatic heterocycles. The van der Waals surface area contributed by atoms with Gasteiger partial charge in [0.2, 0.25) is 0 Å². The third kappa shape index (κ3) is 3.51. The minimum absolute atomic E-state index is 0.401. The molecule has 4 heteroatoms. The zero-order valence-corrected chi connectivity index (χ0v) is 11.9. The normalized spacial score (nSPS) is 11.2. The first-order valence-electron chi connectivity index (χ1n) is 5.67. The summed E-state index contributed by atoms with van der Waals surface area (Å²) in [6, 6.07) is 13.1. The van der Waals surface area contributed by atoms with E-state index in [-0.39, 0.29) is 0 Å². The number of halogens is 1. The van der Waals surface area contributed by atoms with Gasteiger partial charge < -0.3 is 4.74 Å². The van der Waals surface area contributed by atoms with Crippen molar-refractivity contribution < 1.29 is 9.53 Å². The van der Waals surface area contributed by atoms with Gasteiger partial charge in [-0.3, -0.25) is 4.98 Å². The van der Waals surface area contributed by atoms with Crippen molar-refractivity contribution >= 4 is 33.5 Å². The molecule has 0 fully saturated rings. The topological polar surface area (TPSA) is 39.2 Å². The van der Waals surface area contributed by atoms with Gasteiger partial charge in [0.05, 0.1) is 18.4 Å². The van der Waals surface area contributed by atoms with Crippen LogP contribution in [0.4, 0.5) is 0 Å². The van der Waals surface area contributed by atoms with Crippen LogP contribution in [0.3, 0.4) is 0 Å². The number of carbonyl (C=O) groups excluding carboxylic acids is 1. The van der Waals surface area contributed by atoms with E-state index in [9.17, 15) is 4.79 Å². The molecule has 0 aliphatic carbocycles. The van der Waals surface area contributed by atoms with Crippen LogP contribution in [0.25, 0.3) is 11.6 Å². The van der Waals surface area contributed by atoms with E-state index in [4.69, 9.17) is 4.74 Å². The van der Waals surface area contributed by atoms with E-state index in [0.717, 1.165) is 10.0 Å². The van der Waals surface area contributed by atoms with Crippen LogP contribution in [0.1, 0.15) is 11.3 Å². The average molecular weight is 318 g/mol. The fourth-order valence-electron chi connectivity index (χ4n) is 1.60. The van der Waals surface area contributed by atoms with Crippen molar-refractivity contribution in [3.05, 3.63) is 64.4 Å².